The molecule has 0 radical (unpaired) electrons. The average Bonchev–Trinajstić information content (AvgIpc) is 2.25. The van der Waals surface area contributed by atoms with Crippen molar-refractivity contribution in [3.05, 3.63) is 55.6 Å². The highest BCUT2D eigenvalue weighted by Gasteiger charge is 2.11. The van der Waals surface area contributed by atoms with Crippen LogP contribution in [0.4, 0.5) is 4.39 Å². The SMILES string of the molecule is O=c1ccc(-c2cc(Cl)c(Cl)c(Cl)c2)c(F)[nH]1. The number of aromatic amines is 1. The Morgan fingerprint density at radius 1 is 1.06 bits per heavy atom. The summed E-state index contributed by atoms with van der Waals surface area (Å²) in [5, 5.41) is 0.654. The number of pyridine rings is 1. The fourth-order valence-corrected chi connectivity index (χ4v) is 1.98. The lowest BCUT2D eigenvalue weighted by molar-refractivity contribution is 0.583. The lowest BCUT2D eigenvalue weighted by Gasteiger charge is -2.06. The van der Waals surface area contributed by atoms with Crippen LogP contribution in [0.5, 0.6) is 0 Å². The molecule has 17 heavy (non-hydrogen) atoms. The molecule has 0 fully saturated rings. The molecule has 2 rings (SSSR count). The van der Waals surface area contributed by atoms with Crippen molar-refractivity contribution in [2.24, 2.45) is 0 Å². The summed E-state index contributed by atoms with van der Waals surface area (Å²) < 4.78 is 13.5. The molecule has 88 valence electrons. The zero-order valence-electron chi connectivity index (χ0n) is 8.23. The Balaban J connectivity index is 2.65. The maximum atomic E-state index is 13.5. The van der Waals surface area contributed by atoms with Gasteiger partial charge in [-0.15, -0.1) is 0 Å². The van der Waals surface area contributed by atoms with E-state index in [9.17, 15) is 9.18 Å². The van der Waals surface area contributed by atoms with Crippen molar-refractivity contribution < 1.29 is 4.39 Å². The molecule has 1 heterocycles. The van der Waals surface area contributed by atoms with Crippen LogP contribution in [0.2, 0.25) is 15.1 Å². The highest BCUT2D eigenvalue weighted by Crippen LogP contribution is 2.35. The van der Waals surface area contributed by atoms with Crippen molar-refractivity contribution in [1.29, 1.82) is 0 Å². The Morgan fingerprint density at radius 2 is 1.65 bits per heavy atom. The predicted molar refractivity (Wildman–Crippen MR) is 67.5 cm³/mol. The van der Waals surface area contributed by atoms with E-state index in [0.29, 0.717) is 5.56 Å². The standard InChI is InChI=1S/C11H5Cl3FNO/c12-7-3-5(4-8(13)10(7)14)6-1-2-9(17)16-11(6)15/h1-4H,(H,16,17). The van der Waals surface area contributed by atoms with Crippen molar-refractivity contribution in [3.63, 3.8) is 0 Å². The Kier molecular flexibility index (Phi) is 3.43. The third kappa shape index (κ3) is 2.46. The molecular weight excluding hydrogens is 287 g/mol. The quantitative estimate of drug-likeness (QED) is 0.622. The average molecular weight is 293 g/mol. The van der Waals surface area contributed by atoms with Crippen LogP contribution in [0.25, 0.3) is 11.1 Å². The first-order chi connectivity index (χ1) is 7.99. The Bertz CT molecular complexity index is 616. The number of hydrogen-bond donors (Lipinski definition) is 1. The number of nitrogens with one attached hydrogen (secondary N) is 1. The molecule has 0 unspecified atom stereocenters. The van der Waals surface area contributed by atoms with Gasteiger partial charge in [-0.05, 0) is 23.8 Å². The van der Waals surface area contributed by atoms with Crippen LogP contribution in [-0.4, -0.2) is 4.98 Å². The van der Waals surface area contributed by atoms with E-state index >= 15 is 0 Å². The van der Waals surface area contributed by atoms with E-state index in [0.717, 1.165) is 0 Å². The zero-order valence-corrected chi connectivity index (χ0v) is 10.5. The fourth-order valence-electron chi connectivity index (χ4n) is 1.38. The molecule has 0 amide bonds. The topological polar surface area (TPSA) is 32.9 Å². The summed E-state index contributed by atoms with van der Waals surface area (Å²) in [5.41, 5.74) is 0.126. The van der Waals surface area contributed by atoms with Gasteiger partial charge in [0, 0.05) is 11.6 Å². The van der Waals surface area contributed by atoms with Gasteiger partial charge in [0.05, 0.1) is 15.1 Å². The summed E-state index contributed by atoms with van der Waals surface area (Å²) in [6.07, 6.45) is 0. The second kappa shape index (κ2) is 4.69. The molecule has 0 aliphatic rings. The predicted octanol–water partition coefficient (Wildman–Crippen LogP) is 4.14. The molecule has 6 heteroatoms. The number of benzene rings is 1. The third-order valence-electron chi connectivity index (χ3n) is 2.17. The first-order valence-electron chi connectivity index (χ1n) is 4.53. The second-order valence-electron chi connectivity index (χ2n) is 3.30. The summed E-state index contributed by atoms with van der Waals surface area (Å²) in [4.78, 5) is 12.9. The maximum Gasteiger partial charge on any atom is 0.250 e. The lowest BCUT2D eigenvalue weighted by Crippen LogP contribution is -2.06. The van der Waals surface area contributed by atoms with Crippen molar-refractivity contribution in [2.45, 2.75) is 0 Å². The molecule has 1 aromatic carbocycles. The highest BCUT2D eigenvalue weighted by atomic mass is 35.5. The molecule has 0 saturated heterocycles. The fraction of sp³-hybridized carbons (Fsp3) is 0. The molecule has 0 saturated carbocycles. The number of rotatable bonds is 1. The molecule has 1 aromatic heterocycles. The van der Waals surface area contributed by atoms with E-state index in [1.54, 1.807) is 0 Å². The lowest BCUT2D eigenvalue weighted by atomic mass is 10.1. The monoisotopic (exact) mass is 291 g/mol. The van der Waals surface area contributed by atoms with Gasteiger partial charge in [-0.2, -0.15) is 4.39 Å². The number of halogens is 4. The minimum Gasteiger partial charge on any atom is -0.298 e. The van der Waals surface area contributed by atoms with Gasteiger partial charge in [-0.25, -0.2) is 0 Å². The molecule has 0 aliphatic heterocycles. The van der Waals surface area contributed by atoms with Gasteiger partial charge in [-0.1, -0.05) is 34.8 Å². The van der Waals surface area contributed by atoms with Crippen molar-refractivity contribution in [3.8, 4) is 11.1 Å². The molecule has 1 N–H and O–H groups in total. The summed E-state index contributed by atoms with van der Waals surface area (Å²) in [5.74, 6) is -0.744. The van der Waals surface area contributed by atoms with Gasteiger partial charge in [0.25, 0.3) is 0 Å². The van der Waals surface area contributed by atoms with Crippen LogP contribution in [0.3, 0.4) is 0 Å². The number of H-pyrrole nitrogens is 1. The van der Waals surface area contributed by atoms with Crippen molar-refractivity contribution >= 4 is 34.8 Å². The molecule has 2 aromatic rings. The summed E-state index contributed by atoms with van der Waals surface area (Å²) >= 11 is 17.5. The minimum absolute atomic E-state index is 0.199. The van der Waals surface area contributed by atoms with E-state index in [2.05, 4.69) is 0 Å². The van der Waals surface area contributed by atoms with Crippen molar-refractivity contribution in [1.82, 2.24) is 4.98 Å². The van der Waals surface area contributed by atoms with Crippen LogP contribution >= 0.6 is 34.8 Å². The van der Waals surface area contributed by atoms with E-state index < -0.39 is 11.5 Å². The normalized spacial score (nSPS) is 10.6. The summed E-state index contributed by atoms with van der Waals surface area (Å²) in [6.45, 7) is 0. The van der Waals surface area contributed by atoms with E-state index in [4.69, 9.17) is 34.8 Å². The summed E-state index contributed by atoms with van der Waals surface area (Å²) in [7, 11) is 0. The maximum absolute atomic E-state index is 13.5. The molecule has 0 bridgehead atoms. The zero-order chi connectivity index (χ0) is 12.6. The van der Waals surface area contributed by atoms with Gasteiger partial charge in [-0.3, -0.25) is 9.78 Å². The van der Waals surface area contributed by atoms with E-state index in [1.165, 1.54) is 24.3 Å². The van der Waals surface area contributed by atoms with E-state index in [1.807, 2.05) is 4.98 Å². The van der Waals surface area contributed by atoms with Crippen LogP contribution in [-0.2, 0) is 0 Å². The second-order valence-corrected chi connectivity index (χ2v) is 4.50. The molecule has 2 nitrogen and oxygen atoms in total. The molecule has 0 atom stereocenters. The van der Waals surface area contributed by atoms with Gasteiger partial charge < -0.3 is 0 Å². The Morgan fingerprint density at radius 3 is 2.18 bits per heavy atom. The van der Waals surface area contributed by atoms with Gasteiger partial charge in [0.15, 0.2) is 0 Å². The van der Waals surface area contributed by atoms with Gasteiger partial charge >= 0.3 is 0 Å². The molecule has 0 aliphatic carbocycles. The van der Waals surface area contributed by atoms with Gasteiger partial charge in [0.1, 0.15) is 0 Å². The van der Waals surface area contributed by atoms with Crippen molar-refractivity contribution in [2.75, 3.05) is 0 Å². The van der Waals surface area contributed by atoms with Crippen LogP contribution in [0.1, 0.15) is 0 Å². The Hall–Kier alpha value is -1.03. The first kappa shape index (κ1) is 12.4. The number of aromatic nitrogens is 1. The number of hydrogen-bond acceptors (Lipinski definition) is 1. The Labute approximate surface area is 111 Å². The molecule has 0 spiro atoms. The largest absolute Gasteiger partial charge is 0.298 e. The first-order valence-corrected chi connectivity index (χ1v) is 5.66. The highest BCUT2D eigenvalue weighted by molar-refractivity contribution is 6.48. The van der Waals surface area contributed by atoms with Crippen LogP contribution in [0.15, 0.2) is 29.1 Å². The van der Waals surface area contributed by atoms with Crippen LogP contribution in [0, 0.1) is 5.95 Å². The van der Waals surface area contributed by atoms with E-state index in [-0.39, 0.29) is 20.6 Å². The molecular formula is C11H5Cl3FNO. The minimum atomic E-state index is -0.744. The third-order valence-corrected chi connectivity index (χ3v) is 3.36. The van der Waals surface area contributed by atoms with Gasteiger partial charge in [0.2, 0.25) is 11.5 Å². The summed E-state index contributed by atoms with van der Waals surface area (Å²) in [6, 6.07) is 5.53. The smallest absolute Gasteiger partial charge is 0.250 e. The van der Waals surface area contributed by atoms with Crippen LogP contribution < -0.4 is 5.56 Å².